The quantitative estimate of drug-likeness (QED) is 0.906. The van der Waals surface area contributed by atoms with Crippen molar-refractivity contribution in [1.29, 1.82) is 0 Å². The van der Waals surface area contributed by atoms with Gasteiger partial charge in [0.05, 0.1) is 12.6 Å². The van der Waals surface area contributed by atoms with E-state index in [-0.39, 0.29) is 6.04 Å². The largest absolute Gasteiger partial charge is 0.369 e. The van der Waals surface area contributed by atoms with Crippen LogP contribution in [-0.2, 0) is 0 Å². The second-order valence-electron chi connectivity index (χ2n) is 5.28. The van der Waals surface area contributed by atoms with Gasteiger partial charge >= 0.3 is 0 Å². The van der Waals surface area contributed by atoms with Crippen molar-refractivity contribution in [2.75, 3.05) is 11.4 Å². The van der Waals surface area contributed by atoms with E-state index in [1.807, 2.05) is 18.2 Å². The molecule has 1 aliphatic rings. The Morgan fingerprint density at radius 2 is 1.85 bits per heavy atom. The first-order chi connectivity index (χ1) is 9.66. The van der Waals surface area contributed by atoms with Gasteiger partial charge in [0.2, 0.25) is 0 Å². The summed E-state index contributed by atoms with van der Waals surface area (Å²) in [5, 5.41) is 0. The Morgan fingerprint density at radius 1 is 1.10 bits per heavy atom. The van der Waals surface area contributed by atoms with Crippen molar-refractivity contribution >= 4 is 11.6 Å². The Kier molecular flexibility index (Phi) is 3.18. The number of aryl methyl sites for hydroxylation is 2. The first-order valence-corrected chi connectivity index (χ1v) is 6.88. The van der Waals surface area contributed by atoms with Gasteiger partial charge in [0, 0.05) is 5.69 Å². The predicted octanol–water partition coefficient (Wildman–Crippen LogP) is 3.18. The summed E-state index contributed by atoms with van der Waals surface area (Å²) < 4.78 is 0. The zero-order chi connectivity index (χ0) is 14.1. The number of rotatable bonds is 2. The number of guanidine groups is 1. The van der Waals surface area contributed by atoms with Crippen LogP contribution in [0.3, 0.4) is 0 Å². The number of hydrogen-bond acceptors (Lipinski definition) is 3. The van der Waals surface area contributed by atoms with E-state index in [1.54, 1.807) is 0 Å². The first kappa shape index (κ1) is 12.7. The van der Waals surface area contributed by atoms with E-state index in [1.165, 1.54) is 16.7 Å². The smallest absolute Gasteiger partial charge is 0.196 e. The number of nitrogens with two attached hydrogens (primary N) is 1. The standard InChI is InChI=1S/C17H19N3/c1-12-8-9-13(2)15(10-12)16-11-19-17(18)20(16)14-6-4-3-5-7-14/h3-10,16H,11H2,1-2H3,(H2,18,19). The fraction of sp³-hybridized carbons (Fsp3) is 0.235. The van der Waals surface area contributed by atoms with Crippen LogP contribution in [0.15, 0.2) is 53.5 Å². The molecular weight excluding hydrogens is 246 g/mol. The number of hydrogen-bond donors (Lipinski definition) is 1. The number of para-hydroxylation sites is 1. The van der Waals surface area contributed by atoms with Gasteiger partial charge in [-0.1, -0.05) is 42.0 Å². The van der Waals surface area contributed by atoms with Gasteiger partial charge in [-0.3, -0.25) is 4.99 Å². The lowest BCUT2D eigenvalue weighted by Crippen LogP contribution is -2.36. The van der Waals surface area contributed by atoms with Crippen molar-refractivity contribution in [3.8, 4) is 0 Å². The maximum atomic E-state index is 6.10. The molecule has 0 radical (unpaired) electrons. The topological polar surface area (TPSA) is 41.6 Å². The highest BCUT2D eigenvalue weighted by Gasteiger charge is 2.29. The maximum Gasteiger partial charge on any atom is 0.196 e. The first-order valence-electron chi connectivity index (χ1n) is 6.88. The van der Waals surface area contributed by atoms with Gasteiger partial charge in [-0.15, -0.1) is 0 Å². The summed E-state index contributed by atoms with van der Waals surface area (Å²) in [6.45, 7) is 4.98. The van der Waals surface area contributed by atoms with Gasteiger partial charge in [0.1, 0.15) is 0 Å². The van der Waals surface area contributed by atoms with Crippen LogP contribution in [-0.4, -0.2) is 12.5 Å². The molecule has 3 rings (SSSR count). The number of nitrogens with zero attached hydrogens (tertiary/aromatic N) is 2. The molecule has 2 aromatic carbocycles. The van der Waals surface area contributed by atoms with Crippen molar-refractivity contribution in [3.63, 3.8) is 0 Å². The fourth-order valence-electron chi connectivity index (χ4n) is 2.75. The Balaban J connectivity index is 2.04. The third-order valence-corrected chi connectivity index (χ3v) is 3.81. The molecule has 0 saturated heterocycles. The molecule has 1 unspecified atom stereocenters. The summed E-state index contributed by atoms with van der Waals surface area (Å²) in [6, 6.07) is 17.0. The lowest BCUT2D eigenvalue weighted by atomic mass is 9.98. The summed E-state index contributed by atoms with van der Waals surface area (Å²) in [4.78, 5) is 6.57. The van der Waals surface area contributed by atoms with Crippen LogP contribution in [0.1, 0.15) is 22.7 Å². The second-order valence-corrected chi connectivity index (χ2v) is 5.28. The third-order valence-electron chi connectivity index (χ3n) is 3.81. The summed E-state index contributed by atoms with van der Waals surface area (Å²) in [5.74, 6) is 0.599. The van der Waals surface area contributed by atoms with Crippen molar-refractivity contribution in [2.24, 2.45) is 10.7 Å². The average molecular weight is 265 g/mol. The molecule has 3 heteroatoms. The molecule has 3 nitrogen and oxygen atoms in total. The molecule has 1 heterocycles. The zero-order valence-corrected chi connectivity index (χ0v) is 11.9. The van der Waals surface area contributed by atoms with Gasteiger partial charge in [-0.05, 0) is 37.1 Å². The van der Waals surface area contributed by atoms with E-state index in [4.69, 9.17) is 5.73 Å². The number of benzene rings is 2. The molecule has 0 amide bonds. The average Bonchev–Trinajstić information content (AvgIpc) is 2.84. The Bertz CT molecular complexity index is 647. The van der Waals surface area contributed by atoms with Crippen LogP contribution in [0.2, 0.25) is 0 Å². The minimum atomic E-state index is 0.192. The minimum absolute atomic E-state index is 0.192. The van der Waals surface area contributed by atoms with Crippen LogP contribution < -0.4 is 10.6 Å². The highest BCUT2D eigenvalue weighted by Crippen LogP contribution is 2.32. The molecule has 2 aromatic rings. The van der Waals surface area contributed by atoms with E-state index < -0.39 is 0 Å². The number of anilines is 1. The summed E-state index contributed by atoms with van der Waals surface area (Å²) in [7, 11) is 0. The van der Waals surface area contributed by atoms with E-state index in [0.29, 0.717) is 12.5 Å². The molecule has 0 aliphatic carbocycles. The molecule has 1 atom stereocenters. The number of aliphatic imine (C=N–C) groups is 1. The van der Waals surface area contributed by atoms with E-state index >= 15 is 0 Å². The Hall–Kier alpha value is -2.29. The summed E-state index contributed by atoms with van der Waals surface area (Å²) in [6.07, 6.45) is 0. The van der Waals surface area contributed by atoms with Gasteiger partial charge < -0.3 is 10.6 Å². The second kappa shape index (κ2) is 5.00. The van der Waals surface area contributed by atoms with Crippen LogP contribution in [0.25, 0.3) is 0 Å². The zero-order valence-electron chi connectivity index (χ0n) is 11.9. The molecule has 1 aliphatic heterocycles. The molecular formula is C17H19N3. The molecule has 2 N–H and O–H groups in total. The van der Waals surface area contributed by atoms with Crippen molar-refractivity contribution in [1.82, 2.24) is 0 Å². The molecule has 20 heavy (non-hydrogen) atoms. The minimum Gasteiger partial charge on any atom is -0.369 e. The lowest BCUT2D eigenvalue weighted by molar-refractivity contribution is 0.761. The van der Waals surface area contributed by atoms with Crippen LogP contribution >= 0.6 is 0 Å². The van der Waals surface area contributed by atoms with Gasteiger partial charge in [-0.2, -0.15) is 0 Å². The normalized spacial score (nSPS) is 18.2. The van der Waals surface area contributed by atoms with E-state index in [9.17, 15) is 0 Å². The van der Waals surface area contributed by atoms with Gasteiger partial charge in [0.25, 0.3) is 0 Å². The van der Waals surface area contributed by atoms with E-state index in [2.05, 4.69) is 54.1 Å². The van der Waals surface area contributed by atoms with Crippen LogP contribution in [0.5, 0.6) is 0 Å². The van der Waals surface area contributed by atoms with Gasteiger partial charge in [0.15, 0.2) is 5.96 Å². The SMILES string of the molecule is Cc1ccc(C)c(C2CN=C(N)N2c2ccccc2)c1. The molecule has 0 fully saturated rings. The monoisotopic (exact) mass is 265 g/mol. The molecule has 0 saturated carbocycles. The highest BCUT2D eigenvalue weighted by molar-refractivity contribution is 5.97. The molecule has 102 valence electrons. The fourth-order valence-corrected chi connectivity index (χ4v) is 2.75. The van der Waals surface area contributed by atoms with Crippen molar-refractivity contribution in [3.05, 3.63) is 65.2 Å². The maximum absolute atomic E-state index is 6.10. The predicted molar refractivity (Wildman–Crippen MR) is 84.1 cm³/mol. The summed E-state index contributed by atoms with van der Waals surface area (Å²) in [5.41, 5.74) is 11.1. The van der Waals surface area contributed by atoms with Crippen molar-refractivity contribution < 1.29 is 0 Å². The third kappa shape index (κ3) is 2.16. The lowest BCUT2D eigenvalue weighted by Gasteiger charge is -2.28. The Labute approximate surface area is 119 Å². The van der Waals surface area contributed by atoms with Crippen LogP contribution in [0.4, 0.5) is 5.69 Å². The summed E-state index contributed by atoms with van der Waals surface area (Å²) >= 11 is 0. The molecule has 0 spiro atoms. The molecule has 0 aromatic heterocycles. The van der Waals surface area contributed by atoms with Crippen LogP contribution in [0, 0.1) is 13.8 Å². The van der Waals surface area contributed by atoms with Crippen molar-refractivity contribution in [2.45, 2.75) is 19.9 Å². The Morgan fingerprint density at radius 3 is 2.60 bits per heavy atom. The highest BCUT2D eigenvalue weighted by atomic mass is 15.3. The molecule has 0 bridgehead atoms. The van der Waals surface area contributed by atoms with Gasteiger partial charge in [-0.25, -0.2) is 0 Å². The van der Waals surface area contributed by atoms with E-state index in [0.717, 1.165) is 5.69 Å².